The zero-order valence-corrected chi connectivity index (χ0v) is 12.1. The summed E-state index contributed by atoms with van der Waals surface area (Å²) in [5.74, 6) is 0. The number of hydrogen-bond donors (Lipinski definition) is 1. The van der Waals surface area contributed by atoms with Gasteiger partial charge in [0.2, 0.25) is 0 Å². The van der Waals surface area contributed by atoms with E-state index < -0.39 is 0 Å². The van der Waals surface area contributed by atoms with Gasteiger partial charge in [-0.05, 0) is 25.2 Å². The van der Waals surface area contributed by atoms with Gasteiger partial charge in [-0.3, -0.25) is 4.79 Å². The Kier molecular flexibility index (Phi) is 3.05. The normalized spacial score (nSPS) is 16.5. The summed E-state index contributed by atoms with van der Waals surface area (Å²) in [5.41, 5.74) is 1.97. The number of pyridine rings is 1. The summed E-state index contributed by atoms with van der Waals surface area (Å²) >= 11 is 1.92. The number of hydrogen-bond acceptors (Lipinski definition) is 3. The number of aryl methyl sites for hydroxylation is 1. The number of anilines is 1. The van der Waals surface area contributed by atoms with Crippen molar-refractivity contribution < 1.29 is 0 Å². The highest BCUT2D eigenvalue weighted by Crippen LogP contribution is 2.47. The van der Waals surface area contributed by atoms with Crippen molar-refractivity contribution >= 4 is 28.4 Å². The van der Waals surface area contributed by atoms with Crippen LogP contribution < -0.4 is 10.9 Å². The molecule has 0 radical (unpaired) electrons. The third-order valence-electron chi connectivity index (χ3n) is 4.00. The lowest BCUT2D eigenvalue weighted by atomic mass is 10.1. The quantitative estimate of drug-likeness (QED) is 0.931. The van der Waals surface area contributed by atoms with Crippen LogP contribution in [0.2, 0.25) is 0 Å². The van der Waals surface area contributed by atoms with Gasteiger partial charge in [0, 0.05) is 35.5 Å². The lowest BCUT2D eigenvalue weighted by Gasteiger charge is -2.16. The molecule has 1 N–H and O–H groups in total. The molecule has 4 heteroatoms. The Morgan fingerprint density at radius 3 is 2.79 bits per heavy atom. The van der Waals surface area contributed by atoms with Crippen LogP contribution in [-0.4, -0.2) is 22.1 Å². The van der Waals surface area contributed by atoms with Gasteiger partial charge >= 0.3 is 0 Å². The van der Waals surface area contributed by atoms with Crippen LogP contribution in [0.1, 0.15) is 12.8 Å². The van der Waals surface area contributed by atoms with Crippen molar-refractivity contribution in [2.45, 2.75) is 17.6 Å². The van der Waals surface area contributed by atoms with E-state index in [0.717, 1.165) is 23.1 Å². The molecule has 1 heterocycles. The molecule has 1 aliphatic carbocycles. The molecule has 1 aromatic heterocycles. The van der Waals surface area contributed by atoms with Crippen LogP contribution in [0.4, 0.5) is 5.69 Å². The molecule has 0 amide bonds. The van der Waals surface area contributed by atoms with Gasteiger partial charge in [-0.1, -0.05) is 18.2 Å². The Bertz CT molecular complexity index is 673. The molecule has 1 aromatic carbocycles. The molecule has 2 aromatic rings. The number of benzene rings is 1. The second-order valence-corrected chi connectivity index (χ2v) is 6.49. The second kappa shape index (κ2) is 4.60. The van der Waals surface area contributed by atoms with Crippen LogP contribution in [-0.2, 0) is 7.05 Å². The first-order valence-corrected chi connectivity index (χ1v) is 7.75. The molecular formula is C15H18N2OS. The molecule has 1 saturated carbocycles. The van der Waals surface area contributed by atoms with Crippen LogP contribution in [0.25, 0.3) is 10.9 Å². The van der Waals surface area contributed by atoms with E-state index in [1.807, 2.05) is 37.0 Å². The second-order valence-electron chi connectivity index (χ2n) is 5.21. The number of thioether (sulfide) groups is 1. The molecule has 0 spiro atoms. The third-order valence-corrected chi connectivity index (χ3v) is 5.41. The first-order valence-electron chi connectivity index (χ1n) is 6.53. The number of aromatic nitrogens is 1. The molecule has 100 valence electrons. The number of nitrogens with one attached hydrogen (secondary N) is 1. The maximum atomic E-state index is 12.0. The topological polar surface area (TPSA) is 34.0 Å². The van der Waals surface area contributed by atoms with Crippen molar-refractivity contribution in [3.05, 3.63) is 40.7 Å². The van der Waals surface area contributed by atoms with Gasteiger partial charge in [-0.25, -0.2) is 0 Å². The molecular weight excluding hydrogens is 256 g/mol. The van der Waals surface area contributed by atoms with Crippen molar-refractivity contribution in [3.63, 3.8) is 0 Å². The molecule has 19 heavy (non-hydrogen) atoms. The Morgan fingerprint density at radius 1 is 1.37 bits per heavy atom. The zero-order chi connectivity index (χ0) is 13.5. The maximum absolute atomic E-state index is 12.0. The van der Waals surface area contributed by atoms with Gasteiger partial charge in [-0.2, -0.15) is 11.8 Å². The van der Waals surface area contributed by atoms with Gasteiger partial charge in [0.1, 0.15) is 0 Å². The summed E-state index contributed by atoms with van der Waals surface area (Å²) in [6.07, 6.45) is 4.70. The van der Waals surface area contributed by atoms with Crippen LogP contribution in [0.3, 0.4) is 0 Å². The van der Waals surface area contributed by atoms with Gasteiger partial charge in [-0.15, -0.1) is 0 Å². The summed E-state index contributed by atoms with van der Waals surface area (Å²) in [6, 6.07) is 9.74. The summed E-state index contributed by atoms with van der Waals surface area (Å²) < 4.78 is 2.09. The van der Waals surface area contributed by atoms with E-state index in [2.05, 4.69) is 17.6 Å². The van der Waals surface area contributed by atoms with Crippen molar-refractivity contribution in [2.24, 2.45) is 7.05 Å². The fourth-order valence-electron chi connectivity index (χ4n) is 2.41. The van der Waals surface area contributed by atoms with Gasteiger partial charge in [0.15, 0.2) is 0 Å². The Labute approximate surface area is 117 Å². The number of para-hydroxylation sites is 1. The molecule has 3 nitrogen and oxygen atoms in total. The fourth-order valence-corrected chi connectivity index (χ4v) is 3.13. The summed E-state index contributed by atoms with van der Waals surface area (Å²) in [4.78, 5) is 12.0. The van der Waals surface area contributed by atoms with Gasteiger partial charge < -0.3 is 9.88 Å². The first-order chi connectivity index (χ1) is 9.15. The van der Waals surface area contributed by atoms with Crippen molar-refractivity contribution in [1.82, 2.24) is 4.57 Å². The Hall–Kier alpha value is -1.42. The maximum Gasteiger partial charge on any atom is 0.252 e. The lowest BCUT2D eigenvalue weighted by Crippen LogP contribution is -2.21. The summed E-state index contributed by atoms with van der Waals surface area (Å²) in [7, 11) is 1.82. The zero-order valence-electron chi connectivity index (χ0n) is 11.3. The Morgan fingerprint density at radius 2 is 2.11 bits per heavy atom. The third kappa shape index (κ3) is 2.25. The molecule has 3 rings (SSSR count). The first kappa shape index (κ1) is 12.6. The molecule has 0 saturated heterocycles. The molecule has 0 unspecified atom stereocenters. The highest BCUT2D eigenvalue weighted by molar-refractivity contribution is 8.00. The smallest absolute Gasteiger partial charge is 0.252 e. The Balaban J connectivity index is 1.99. The van der Waals surface area contributed by atoms with Gasteiger partial charge in [0.05, 0.1) is 5.52 Å². The minimum Gasteiger partial charge on any atom is -0.383 e. The van der Waals surface area contributed by atoms with E-state index in [-0.39, 0.29) is 5.56 Å². The fraction of sp³-hybridized carbons (Fsp3) is 0.400. The summed E-state index contributed by atoms with van der Waals surface area (Å²) in [6.45, 7) is 0.936. The molecule has 1 aliphatic rings. The van der Waals surface area contributed by atoms with Crippen molar-refractivity contribution in [3.8, 4) is 0 Å². The van der Waals surface area contributed by atoms with Crippen LogP contribution in [0.15, 0.2) is 35.1 Å². The monoisotopic (exact) mass is 274 g/mol. The van der Waals surface area contributed by atoms with Crippen LogP contribution in [0, 0.1) is 0 Å². The summed E-state index contributed by atoms with van der Waals surface area (Å²) in [5, 5.41) is 4.59. The van der Waals surface area contributed by atoms with E-state index in [1.165, 1.54) is 12.8 Å². The number of fused-ring (bicyclic) bond motifs is 1. The minimum atomic E-state index is 0.0372. The average Bonchev–Trinajstić information content (AvgIpc) is 3.22. The van der Waals surface area contributed by atoms with E-state index in [0.29, 0.717) is 4.75 Å². The van der Waals surface area contributed by atoms with Crippen LogP contribution >= 0.6 is 11.8 Å². The number of nitrogens with zero attached hydrogens (tertiary/aromatic N) is 1. The highest BCUT2D eigenvalue weighted by atomic mass is 32.2. The largest absolute Gasteiger partial charge is 0.383 e. The predicted molar refractivity (Wildman–Crippen MR) is 83.2 cm³/mol. The van der Waals surface area contributed by atoms with Gasteiger partial charge in [0.25, 0.3) is 5.56 Å². The van der Waals surface area contributed by atoms with Crippen molar-refractivity contribution in [1.29, 1.82) is 0 Å². The lowest BCUT2D eigenvalue weighted by molar-refractivity contribution is 0.901. The number of rotatable bonds is 4. The minimum absolute atomic E-state index is 0.0372. The highest BCUT2D eigenvalue weighted by Gasteiger charge is 2.41. The molecule has 0 bridgehead atoms. The SMILES string of the molecule is CSC1(CNc2cc(=O)n(C)c3ccccc23)CC1. The standard InChI is InChI=1S/C15H18N2OS/c1-17-13-6-4-3-5-11(13)12(9-14(17)18)16-10-15(19-2)7-8-15/h3-6,9,16H,7-8,10H2,1-2H3. The van der Waals surface area contributed by atoms with E-state index in [9.17, 15) is 4.79 Å². The molecule has 0 atom stereocenters. The molecule has 1 fully saturated rings. The van der Waals surface area contributed by atoms with Crippen molar-refractivity contribution in [2.75, 3.05) is 18.1 Å². The molecule has 0 aliphatic heterocycles. The van der Waals surface area contributed by atoms with E-state index >= 15 is 0 Å². The van der Waals surface area contributed by atoms with E-state index in [4.69, 9.17) is 0 Å². The van der Waals surface area contributed by atoms with E-state index in [1.54, 1.807) is 10.6 Å². The average molecular weight is 274 g/mol. The van der Waals surface area contributed by atoms with Crippen LogP contribution in [0.5, 0.6) is 0 Å². The predicted octanol–water partition coefficient (Wildman–Crippen LogP) is 2.85.